The Morgan fingerprint density at radius 3 is 2.73 bits per heavy atom. The van der Waals surface area contributed by atoms with Crippen LogP contribution in [0.3, 0.4) is 0 Å². The van der Waals surface area contributed by atoms with E-state index in [1.165, 1.54) is 0 Å². The molecule has 62 valence electrons. The number of hydrogen-bond acceptors (Lipinski definition) is 1. The van der Waals surface area contributed by atoms with Gasteiger partial charge in [-0.1, -0.05) is 22.0 Å². The first-order valence-electron chi connectivity index (χ1n) is 3.49. The van der Waals surface area contributed by atoms with E-state index in [0.29, 0.717) is 6.42 Å². The average molecular weight is 219 g/mol. The highest BCUT2D eigenvalue weighted by Crippen LogP contribution is 2.64. The predicted molar refractivity (Wildman–Crippen MR) is 46.8 cm³/mol. The first-order chi connectivity index (χ1) is 4.96. The summed E-state index contributed by atoms with van der Waals surface area (Å²) in [5.74, 6) is -0.726. The largest absolute Gasteiger partial charge is 0.481 e. The highest BCUT2D eigenvalue weighted by Gasteiger charge is 2.67. The van der Waals surface area contributed by atoms with Gasteiger partial charge in [0.05, 0.1) is 5.41 Å². The van der Waals surface area contributed by atoms with E-state index in [-0.39, 0.29) is 4.32 Å². The minimum absolute atomic E-state index is 0.229. The SMILES string of the molecule is C=CC[C@]1(Br)C[C@]1(C)C(=O)O. The van der Waals surface area contributed by atoms with Crippen LogP contribution >= 0.6 is 15.9 Å². The Morgan fingerprint density at radius 1 is 1.91 bits per heavy atom. The van der Waals surface area contributed by atoms with E-state index >= 15 is 0 Å². The number of alkyl halides is 1. The molecule has 0 spiro atoms. The van der Waals surface area contributed by atoms with E-state index in [2.05, 4.69) is 22.5 Å². The maximum Gasteiger partial charge on any atom is 0.310 e. The van der Waals surface area contributed by atoms with Crippen LogP contribution in [0.4, 0.5) is 0 Å². The van der Waals surface area contributed by atoms with Crippen molar-refractivity contribution in [3.05, 3.63) is 12.7 Å². The van der Waals surface area contributed by atoms with Gasteiger partial charge in [-0.3, -0.25) is 4.79 Å². The molecule has 0 radical (unpaired) electrons. The quantitative estimate of drug-likeness (QED) is 0.583. The molecule has 0 unspecified atom stereocenters. The van der Waals surface area contributed by atoms with Gasteiger partial charge in [-0.05, 0) is 19.8 Å². The van der Waals surface area contributed by atoms with E-state index in [9.17, 15) is 4.79 Å². The summed E-state index contributed by atoms with van der Waals surface area (Å²) in [6.45, 7) is 5.35. The van der Waals surface area contributed by atoms with Crippen LogP contribution < -0.4 is 0 Å². The van der Waals surface area contributed by atoms with Crippen LogP contribution in [0.1, 0.15) is 19.8 Å². The number of carbonyl (C=O) groups is 1. The van der Waals surface area contributed by atoms with Crippen LogP contribution in [0.2, 0.25) is 0 Å². The van der Waals surface area contributed by atoms with Gasteiger partial charge in [0.15, 0.2) is 0 Å². The molecule has 1 aliphatic rings. The third-order valence-electron chi connectivity index (χ3n) is 2.44. The fourth-order valence-electron chi connectivity index (χ4n) is 1.31. The van der Waals surface area contributed by atoms with Gasteiger partial charge in [-0.25, -0.2) is 0 Å². The van der Waals surface area contributed by atoms with Crippen molar-refractivity contribution in [3.63, 3.8) is 0 Å². The van der Waals surface area contributed by atoms with Crippen molar-refractivity contribution in [2.45, 2.75) is 24.1 Å². The second kappa shape index (κ2) is 2.34. The first kappa shape index (κ1) is 8.78. The molecule has 0 amide bonds. The lowest BCUT2D eigenvalue weighted by atomic mass is 10.1. The summed E-state index contributed by atoms with van der Waals surface area (Å²) in [6, 6.07) is 0. The van der Waals surface area contributed by atoms with Crippen LogP contribution in [0.15, 0.2) is 12.7 Å². The Morgan fingerprint density at radius 2 is 2.45 bits per heavy atom. The molecule has 0 aromatic carbocycles. The van der Waals surface area contributed by atoms with E-state index in [4.69, 9.17) is 5.11 Å². The monoisotopic (exact) mass is 218 g/mol. The molecular formula is C8H11BrO2. The minimum Gasteiger partial charge on any atom is -0.481 e. The second-order valence-corrected chi connectivity index (χ2v) is 4.79. The number of carboxylic acids is 1. The molecule has 1 N–H and O–H groups in total. The summed E-state index contributed by atoms with van der Waals surface area (Å²) in [6.07, 6.45) is 3.17. The summed E-state index contributed by atoms with van der Waals surface area (Å²) in [5, 5.41) is 8.81. The zero-order valence-electron chi connectivity index (χ0n) is 6.43. The lowest BCUT2D eigenvalue weighted by Crippen LogP contribution is -2.19. The third kappa shape index (κ3) is 1.11. The Labute approximate surface area is 74.4 Å². The smallest absolute Gasteiger partial charge is 0.310 e. The molecular weight excluding hydrogens is 208 g/mol. The molecule has 0 bridgehead atoms. The number of allylic oxidation sites excluding steroid dienone is 1. The van der Waals surface area contributed by atoms with Crippen LogP contribution in [0.25, 0.3) is 0 Å². The Bertz CT molecular complexity index is 214. The van der Waals surface area contributed by atoms with Crippen molar-refractivity contribution in [2.75, 3.05) is 0 Å². The molecule has 0 heterocycles. The molecule has 2 atom stereocenters. The van der Waals surface area contributed by atoms with E-state index in [0.717, 1.165) is 6.42 Å². The molecule has 1 fully saturated rings. The van der Waals surface area contributed by atoms with Crippen LogP contribution in [-0.2, 0) is 4.79 Å². The standard InChI is InChI=1S/C8H11BrO2/c1-3-4-8(9)5-7(8,2)6(10)11/h3H,1,4-5H2,2H3,(H,10,11)/t7-,8+/m1/s1. The van der Waals surface area contributed by atoms with Gasteiger partial charge in [0, 0.05) is 4.32 Å². The van der Waals surface area contributed by atoms with Crippen molar-refractivity contribution in [1.82, 2.24) is 0 Å². The number of carboxylic acid groups (broad SMARTS) is 1. The summed E-state index contributed by atoms with van der Waals surface area (Å²) in [4.78, 5) is 10.7. The maximum atomic E-state index is 10.7. The van der Waals surface area contributed by atoms with Gasteiger partial charge < -0.3 is 5.11 Å². The number of halogens is 1. The molecule has 1 saturated carbocycles. The topological polar surface area (TPSA) is 37.3 Å². The van der Waals surface area contributed by atoms with Gasteiger partial charge in [0.2, 0.25) is 0 Å². The summed E-state index contributed by atoms with van der Waals surface area (Å²) in [7, 11) is 0. The number of rotatable bonds is 3. The highest BCUT2D eigenvalue weighted by molar-refractivity contribution is 9.10. The van der Waals surface area contributed by atoms with E-state index in [1.54, 1.807) is 13.0 Å². The molecule has 11 heavy (non-hydrogen) atoms. The van der Waals surface area contributed by atoms with Crippen molar-refractivity contribution in [2.24, 2.45) is 5.41 Å². The third-order valence-corrected chi connectivity index (χ3v) is 3.92. The summed E-state index contributed by atoms with van der Waals surface area (Å²) in [5.41, 5.74) is -0.582. The van der Waals surface area contributed by atoms with Crippen molar-refractivity contribution >= 4 is 21.9 Å². The number of aliphatic carboxylic acids is 1. The normalized spacial score (nSPS) is 41.6. The molecule has 0 aromatic heterocycles. The zero-order valence-corrected chi connectivity index (χ0v) is 8.02. The average Bonchev–Trinajstić information content (AvgIpc) is 2.38. The van der Waals surface area contributed by atoms with Crippen LogP contribution in [0, 0.1) is 5.41 Å². The van der Waals surface area contributed by atoms with Gasteiger partial charge >= 0.3 is 5.97 Å². The first-order valence-corrected chi connectivity index (χ1v) is 4.29. The Balaban J connectivity index is 2.70. The van der Waals surface area contributed by atoms with Gasteiger partial charge in [-0.2, -0.15) is 0 Å². The molecule has 1 rings (SSSR count). The van der Waals surface area contributed by atoms with E-state index in [1.807, 2.05) is 0 Å². The summed E-state index contributed by atoms with van der Waals surface area (Å²) < 4.78 is -0.229. The highest BCUT2D eigenvalue weighted by atomic mass is 79.9. The second-order valence-electron chi connectivity index (χ2n) is 3.27. The molecule has 0 aromatic rings. The molecule has 0 saturated heterocycles. The molecule has 0 aliphatic heterocycles. The number of hydrogen-bond donors (Lipinski definition) is 1. The molecule has 1 aliphatic carbocycles. The lowest BCUT2D eigenvalue weighted by molar-refractivity contribution is -0.142. The van der Waals surface area contributed by atoms with Crippen molar-refractivity contribution in [1.29, 1.82) is 0 Å². The lowest BCUT2D eigenvalue weighted by Gasteiger charge is -2.09. The van der Waals surface area contributed by atoms with Crippen molar-refractivity contribution in [3.8, 4) is 0 Å². The van der Waals surface area contributed by atoms with Crippen LogP contribution in [0.5, 0.6) is 0 Å². The summed E-state index contributed by atoms with van der Waals surface area (Å²) >= 11 is 3.42. The van der Waals surface area contributed by atoms with Crippen molar-refractivity contribution < 1.29 is 9.90 Å². The minimum atomic E-state index is -0.726. The maximum absolute atomic E-state index is 10.7. The fourth-order valence-corrected chi connectivity index (χ4v) is 2.27. The van der Waals surface area contributed by atoms with Gasteiger partial charge in [0.25, 0.3) is 0 Å². The Kier molecular flexibility index (Phi) is 1.87. The fraction of sp³-hybridized carbons (Fsp3) is 0.625. The van der Waals surface area contributed by atoms with E-state index < -0.39 is 11.4 Å². The van der Waals surface area contributed by atoms with Crippen LogP contribution in [-0.4, -0.2) is 15.4 Å². The predicted octanol–water partition coefficient (Wildman–Crippen LogP) is 2.19. The Hall–Kier alpha value is -0.310. The molecule has 3 heteroatoms. The van der Waals surface area contributed by atoms with Gasteiger partial charge in [0.1, 0.15) is 0 Å². The zero-order chi connectivity index (χ0) is 8.70. The van der Waals surface area contributed by atoms with Gasteiger partial charge in [-0.15, -0.1) is 6.58 Å². The molecule has 2 nitrogen and oxygen atoms in total.